The van der Waals surface area contributed by atoms with Crippen LogP contribution in [0.15, 0.2) is 24.3 Å². The van der Waals surface area contributed by atoms with Crippen LogP contribution in [-0.4, -0.2) is 34.5 Å². The van der Waals surface area contributed by atoms with Gasteiger partial charge in [-0.2, -0.15) is 0 Å². The molecular weight excluding hydrogens is 302 g/mol. The van der Waals surface area contributed by atoms with Crippen LogP contribution in [0.1, 0.15) is 50.2 Å². The van der Waals surface area contributed by atoms with Crippen LogP contribution in [-0.2, 0) is 21.4 Å². The van der Waals surface area contributed by atoms with Crippen LogP contribution in [0.5, 0.6) is 0 Å². The van der Waals surface area contributed by atoms with Crippen LogP contribution in [0.25, 0.3) is 0 Å². The number of hydrogen-bond donors (Lipinski definition) is 1. The molecule has 128 valence electrons. The van der Waals surface area contributed by atoms with E-state index in [9.17, 15) is 14.7 Å². The number of fused-ring (bicyclic) bond motifs is 2. The fourth-order valence-electron chi connectivity index (χ4n) is 4.97. The van der Waals surface area contributed by atoms with E-state index in [2.05, 4.69) is 31.2 Å². The third kappa shape index (κ3) is 2.35. The quantitative estimate of drug-likeness (QED) is 0.908. The van der Waals surface area contributed by atoms with Crippen LogP contribution in [0.4, 0.5) is 0 Å². The minimum atomic E-state index is -0.770. The summed E-state index contributed by atoms with van der Waals surface area (Å²) in [5.74, 6) is -0.939. The SMILES string of the molecule is CC1CCC(C(=O)O)CN1C(=O)C1CC12CCCc1ccccc12. The number of carbonyl (C=O) groups excluding carboxylic acids is 1. The number of piperidine rings is 1. The summed E-state index contributed by atoms with van der Waals surface area (Å²) in [6.07, 6.45) is 5.75. The van der Waals surface area contributed by atoms with Crippen molar-refractivity contribution >= 4 is 11.9 Å². The molecule has 3 aliphatic rings. The summed E-state index contributed by atoms with van der Waals surface area (Å²) in [5.41, 5.74) is 2.80. The van der Waals surface area contributed by atoms with Crippen molar-refractivity contribution in [2.24, 2.45) is 11.8 Å². The van der Waals surface area contributed by atoms with Crippen molar-refractivity contribution in [1.82, 2.24) is 4.90 Å². The molecule has 4 nitrogen and oxygen atoms in total. The summed E-state index contributed by atoms with van der Waals surface area (Å²) in [5, 5.41) is 9.31. The maximum Gasteiger partial charge on any atom is 0.308 e. The number of aryl methyl sites for hydroxylation is 1. The van der Waals surface area contributed by atoms with Gasteiger partial charge in [-0.1, -0.05) is 24.3 Å². The number of carboxylic acids is 1. The lowest BCUT2D eigenvalue weighted by Crippen LogP contribution is -2.48. The summed E-state index contributed by atoms with van der Waals surface area (Å²) in [4.78, 5) is 26.4. The highest BCUT2D eigenvalue weighted by atomic mass is 16.4. The first-order valence-electron chi connectivity index (χ1n) is 9.14. The van der Waals surface area contributed by atoms with E-state index in [1.807, 2.05) is 4.90 Å². The Kier molecular flexibility index (Phi) is 3.66. The smallest absolute Gasteiger partial charge is 0.308 e. The summed E-state index contributed by atoms with van der Waals surface area (Å²) < 4.78 is 0. The topological polar surface area (TPSA) is 57.6 Å². The number of rotatable bonds is 2. The second kappa shape index (κ2) is 5.61. The van der Waals surface area contributed by atoms with Crippen molar-refractivity contribution < 1.29 is 14.7 Å². The molecule has 4 heteroatoms. The highest BCUT2D eigenvalue weighted by Gasteiger charge is 2.61. The maximum absolute atomic E-state index is 13.2. The monoisotopic (exact) mass is 327 g/mol. The minimum Gasteiger partial charge on any atom is -0.481 e. The van der Waals surface area contributed by atoms with Crippen LogP contribution < -0.4 is 0 Å². The molecule has 0 radical (unpaired) electrons. The van der Waals surface area contributed by atoms with Gasteiger partial charge in [-0.25, -0.2) is 0 Å². The lowest BCUT2D eigenvalue weighted by atomic mass is 9.78. The standard InChI is InChI=1S/C20H25NO3/c1-13-8-9-15(19(23)24)12-21(13)18(22)17-11-20(17)10-4-6-14-5-2-3-7-16(14)20/h2-3,5,7,13,15,17H,4,6,8-12H2,1H3,(H,23,24). The molecule has 2 aliphatic carbocycles. The van der Waals surface area contributed by atoms with Crippen LogP contribution in [0.2, 0.25) is 0 Å². The Balaban J connectivity index is 1.56. The first kappa shape index (κ1) is 15.7. The molecule has 1 saturated carbocycles. The Morgan fingerprint density at radius 3 is 2.83 bits per heavy atom. The molecule has 1 heterocycles. The van der Waals surface area contributed by atoms with Crippen LogP contribution >= 0.6 is 0 Å². The molecule has 0 aromatic heterocycles. The molecular formula is C20H25NO3. The average Bonchev–Trinajstić information content (AvgIpc) is 3.29. The molecule has 24 heavy (non-hydrogen) atoms. The van der Waals surface area contributed by atoms with Gasteiger partial charge in [0.05, 0.1) is 5.92 Å². The predicted octanol–water partition coefficient (Wildman–Crippen LogP) is 2.99. The predicted molar refractivity (Wildman–Crippen MR) is 90.7 cm³/mol. The van der Waals surface area contributed by atoms with Gasteiger partial charge in [-0.05, 0) is 56.6 Å². The first-order chi connectivity index (χ1) is 11.5. The van der Waals surface area contributed by atoms with Gasteiger partial charge in [0.15, 0.2) is 0 Å². The number of benzene rings is 1. The Morgan fingerprint density at radius 2 is 2.04 bits per heavy atom. The number of amides is 1. The van der Waals surface area contributed by atoms with Gasteiger partial charge < -0.3 is 10.0 Å². The van der Waals surface area contributed by atoms with Crippen molar-refractivity contribution in [2.45, 2.75) is 56.9 Å². The lowest BCUT2D eigenvalue weighted by molar-refractivity contribution is -0.147. The maximum atomic E-state index is 13.2. The van der Waals surface area contributed by atoms with E-state index < -0.39 is 11.9 Å². The average molecular weight is 327 g/mol. The van der Waals surface area contributed by atoms with E-state index >= 15 is 0 Å². The normalized spacial score (nSPS) is 34.7. The zero-order valence-corrected chi connectivity index (χ0v) is 14.2. The van der Waals surface area contributed by atoms with Gasteiger partial charge in [0, 0.05) is 23.9 Å². The molecule has 4 rings (SSSR count). The zero-order chi connectivity index (χ0) is 16.9. The molecule has 0 bridgehead atoms. The second-order valence-electron chi connectivity index (χ2n) is 7.88. The van der Waals surface area contributed by atoms with Crippen LogP contribution in [0.3, 0.4) is 0 Å². The molecule has 1 saturated heterocycles. The Labute approximate surface area is 142 Å². The number of likely N-dealkylation sites (tertiary alicyclic amines) is 1. The molecule has 1 N–H and O–H groups in total. The van der Waals surface area contributed by atoms with Crippen molar-refractivity contribution in [2.75, 3.05) is 6.54 Å². The molecule has 4 atom stereocenters. The van der Waals surface area contributed by atoms with Crippen molar-refractivity contribution in [3.63, 3.8) is 0 Å². The third-order valence-electron chi connectivity index (χ3n) is 6.51. The van der Waals surface area contributed by atoms with Gasteiger partial charge in [0.25, 0.3) is 0 Å². The largest absolute Gasteiger partial charge is 0.481 e. The molecule has 1 aliphatic heterocycles. The lowest BCUT2D eigenvalue weighted by Gasteiger charge is -2.37. The van der Waals surface area contributed by atoms with Gasteiger partial charge in [0.1, 0.15) is 0 Å². The van der Waals surface area contributed by atoms with Crippen LogP contribution in [0, 0.1) is 11.8 Å². The summed E-state index contributed by atoms with van der Waals surface area (Å²) in [7, 11) is 0. The number of carboxylic acid groups (broad SMARTS) is 1. The summed E-state index contributed by atoms with van der Waals surface area (Å²) in [6, 6.07) is 8.71. The number of nitrogens with zero attached hydrogens (tertiary/aromatic N) is 1. The summed E-state index contributed by atoms with van der Waals surface area (Å²) in [6.45, 7) is 2.43. The fourth-order valence-corrected chi connectivity index (χ4v) is 4.97. The van der Waals surface area contributed by atoms with E-state index in [0.29, 0.717) is 13.0 Å². The van der Waals surface area contributed by atoms with Gasteiger partial charge >= 0.3 is 5.97 Å². The number of carbonyl (C=O) groups is 2. The Bertz CT molecular complexity index is 685. The second-order valence-corrected chi connectivity index (χ2v) is 7.88. The fraction of sp³-hybridized carbons (Fsp3) is 0.600. The van der Waals surface area contributed by atoms with Crippen molar-refractivity contribution in [3.8, 4) is 0 Å². The highest BCUT2D eigenvalue weighted by Crippen LogP contribution is 2.61. The van der Waals surface area contributed by atoms with E-state index in [1.165, 1.54) is 11.1 Å². The van der Waals surface area contributed by atoms with E-state index in [-0.39, 0.29) is 23.3 Å². The third-order valence-corrected chi connectivity index (χ3v) is 6.51. The van der Waals surface area contributed by atoms with E-state index in [1.54, 1.807) is 0 Å². The van der Waals surface area contributed by atoms with Gasteiger partial charge in [-0.3, -0.25) is 9.59 Å². The molecule has 1 aromatic carbocycles. The van der Waals surface area contributed by atoms with Crippen molar-refractivity contribution in [1.29, 1.82) is 0 Å². The van der Waals surface area contributed by atoms with Crippen molar-refractivity contribution in [3.05, 3.63) is 35.4 Å². The minimum absolute atomic E-state index is 0.0296. The summed E-state index contributed by atoms with van der Waals surface area (Å²) >= 11 is 0. The molecule has 2 fully saturated rings. The zero-order valence-electron chi connectivity index (χ0n) is 14.2. The number of aliphatic carboxylic acids is 1. The molecule has 1 amide bonds. The Hall–Kier alpha value is -1.84. The van der Waals surface area contributed by atoms with E-state index in [0.717, 1.165) is 32.1 Å². The van der Waals surface area contributed by atoms with Gasteiger partial charge in [-0.15, -0.1) is 0 Å². The highest BCUT2D eigenvalue weighted by molar-refractivity contribution is 5.86. The molecule has 4 unspecified atom stereocenters. The van der Waals surface area contributed by atoms with E-state index in [4.69, 9.17) is 0 Å². The molecule has 1 aromatic rings. The Morgan fingerprint density at radius 1 is 1.25 bits per heavy atom. The first-order valence-corrected chi connectivity index (χ1v) is 9.14. The number of hydrogen-bond acceptors (Lipinski definition) is 2. The van der Waals surface area contributed by atoms with Gasteiger partial charge in [0.2, 0.25) is 5.91 Å². The molecule has 1 spiro atoms.